The average Bonchev–Trinajstić information content (AvgIpc) is 3.55. The number of nitrogens with zero attached hydrogens (tertiary/aromatic N) is 2. The maximum atomic E-state index is 6.90. The number of benzene rings is 4. The summed E-state index contributed by atoms with van der Waals surface area (Å²) in [7, 11) is 0. The van der Waals surface area contributed by atoms with E-state index in [2.05, 4.69) is 13.8 Å². The Morgan fingerprint density at radius 2 is 1.27 bits per heavy atom. The molecule has 8 nitrogen and oxygen atoms in total. The van der Waals surface area contributed by atoms with Crippen LogP contribution >= 0.6 is 24.0 Å². The summed E-state index contributed by atoms with van der Waals surface area (Å²) in [5.74, 6) is 0. The number of ether oxygens (including phenoxy) is 5. The lowest BCUT2D eigenvalue weighted by Gasteiger charge is -2.46. The van der Waals surface area contributed by atoms with Gasteiger partial charge in [0.15, 0.2) is 11.7 Å². The van der Waals surface area contributed by atoms with Gasteiger partial charge in [0.2, 0.25) is 0 Å². The fraction of sp³-hybridized carbons (Fsp3) is 0.333. The predicted molar refractivity (Wildman–Crippen MR) is 195 cm³/mol. The summed E-state index contributed by atoms with van der Waals surface area (Å²) in [6.45, 7) is 6.86. The van der Waals surface area contributed by atoms with E-state index >= 15 is 0 Å². The minimum atomic E-state index is -0.645. The largest absolute Gasteiger partial charge is 0.462 e. The van der Waals surface area contributed by atoms with Crippen LogP contribution in [0, 0.1) is 0 Å². The van der Waals surface area contributed by atoms with Crippen LogP contribution in [0.4, 0.5) is 0 Å². The van der Waals surface area contributed by atoms with Crippen molar-refractivity contribution in [2.75, 3.05) is 19.7 Å². The number of thioether (sulfide) groups is 1. The van der Waals surface area contributed by atoms with Crippen molar-refractivity contribution in [3.05, 3.63) is 132 Å². The average molecular weight is 699 g/mol. The van der Waals surface area contributed by atoms with Crippen LogP contribution in [0.5, 0.6) is 0 Å². The van der Waals surface area contributed by atoms with Gasteiger partial charge in [-0.2, -0.15) is 0 Å². The topological polar surface area (TPSA) is 75.4 Å². The van der Waals surface area contributed by atoms with Crippen LogP contribution in [-0.2, 0) is 43.5 Å². The molecule has 1 aliphatic heterocycles. The van der Waals surface area contributed by atoms with E-state index in [1.165, 1.54) is 11.8 Å². The molecule has 0 saturated carbocycles. The molecule has 5 aromatic rings. The third-order valence-electron chi connectivity index (χ3n) is 8.31. The Kier molecular flexibility index (Phi) is 12.7. The molecule has 5 atom stereocenters. The molecular formula is C39H42N2O6S2. The maximum absolute atomic E-state index is 6.90. The van der Waals surface area contributed by atoms with Crippen LogP contribution in [0.15, 0.2) is 125 Å². The molecule has 0 N–H and O–H groups in total. The number of oxazole rings is 1. The normalized spacial score (nSPS) is 20.7. The zero-order valence-electron chi connectivity index (χ0n) is 27.8. The summed E-state index contributed by atoms with van der Waals surface area (Å²) in [5.41, 5.74) is 4.01. The molecule has 1 aromatic heterocycles. The number of hydrogen-bond donors (Lipinski definition) is 0. The lowest BCUT2D eigenvalue weighted by molar-refractivity contribution is -0.238. The molecule has 4 aromatic carbocycles. The van der Waals surface area contributed by atoms with E-state index < -0.39 is 29.9 Å². The van der Waals surface area contributed by atoms with Crippen LogP contribution in [0.1, 0.15) is 30.5 Å². The highest BCUT2D eigenvalue weighted by Gasteiger charge is 2.50. The van der Waals surface area contributed by atoms with Crippen molar-refractivity contribution in [3.8, 4) is 0 Å². The van der Waals surface area contributed by atoms with E-state index in [9.17, 15) is 0 Å². The molecule has 10 heteroatoms. The van der Waals surface area contributed by atoms with E-state index in [0.717, 1.165) is 22.2 Å². The van der Waals surface area contributed by atoms with Gasteiger partial charge in [0.05, 0.1) is 26.4 Å². The molecule has 0 bridgehead atoms. The van der Waals surface area contributed by atoms with Gasteiger partial charge in [-0.05, 0) is 66.7 Å². The second kappa shape index (κ2) is 17.8. The molecular weight excluding hydrogens is 657 g/mol. The third kappa shape index (κ3) is 9.48. The zero-order chi connectivity index (χ0) is 33.8. The van der Waals surface area contributed by atoms with Crippen LogP contribution in [0.2, 0.25) is 0 Å². The van der Waals surface area contributed by atoms with E-state index in [1.54, 1.807) is 0 Å². The van der Waals surface area contributed by atoms with E-state index in [4.69, 9.17) is 45.3 Å². The standard InChI is InChI=1S/C39H42N2O6S2/c1-3-41(4-2)39(48)47-34-33(27-42-24-28-16-8-5-9-17-28)45-37(49-38-40-31-22-14-15-23-32(31)46-38)36(44-26-30-20-12-7-13-21-30)35(34)43-25-29-18-10-6-11-19-29/h5-23,33-37H,3-4,24-27H2,1-2H3/t33-,34-,35+,36+,37-/m1/s1. The highest BCUT2D eigenvalue weighted by molar-refractivity contribution is 7.99. The smallest absolute Gasteiger partial charge is 0.259 e. The number of hydrogen-bond acceptors (Lipinski definition) is 9. The molecule has 1 fully saturated rings. The van der Waals surface area contributed by atoms with Gasteiger partial charge in [0.1, 0.15) is 29.3 Å². The zero-order valence-corrected chi connectivity index (χ0v) is 29.4. The van der Waals surface area contributed by atoms with Gasteiger partial charge < -0.3 is 33.0 Å². The van der Waals surface area contributed by atoms with Crippen LogP contribution in [0.25, 0.3) is 11.1 Å². The first-order chi connectivity index (χ1) is 24.1. The lowest BCUT2D eigenvalue weighted by atomic mass is 9.99. The number of thiocarbonyl (C=S) groups is 1. The summed E-state index contributed by atoms with van der Waals surface area (Å²) in [4.78, 5) is 6.75. The van der Waals surface area contributed by atoms with Gasteiger partial charge in [-0.25, -0.2) is 4.98 Å². The first-order valence-electron chi connectivity index (χ1n) is 16.7. The van der Waals surface area contributed by atoms with Crippen LogP contribution in [0.3, 0.4) is 0 Å². The molecule has 2 heterocycles. The first kappa shape index (κ1) is 35.1. The summed E-state index contributed by atoms with van der Waals surface area (Å²) in [5, 5.41) is 0.857. The number of rotatable bonds is 15. The minimum Gasteiger partial charge on any atom is -0.462 e. The third-order valence-corrected chi connectivity index (χ3v) is 9.65. The molecule has 0 radical (unpaired) electrons. The molecule has 0 aliphatic carbocycles. The Balaban J connectivity index is 1.35. The quantitative estimate of drug-likeness (QED) is 0.100. The van der Waals surface area contributed by atoms with Gasteiger partial charge in [-0.15, -0.1) is 0 Å². The van der Waals surface area contributed by atoms with Gasteiger partial charge >= 0.3 is 0 Å². The highest BCUT2D eigenvalue weighted by atomic mass is 32.2. The molecule has 0 spiro atoms. The van der Waals surface area contributed by atoms with Gasteiger partial charge in [0.25, 0.3) is 10.4 Å². The molecule has 0 amide bonds. The van der Waals surface area contributed by atoms with Crippen molar-refractivity contribution in [1.29, 1.82) is 0 Å². The molecule has 0 unspecified atom stereocenters. The Morgan fingerprint density at radius 1 is 0.714 bits per heavy atom. The predicted octanol–water partition coefficient (Wildman–Crippen LogP) is 8.04. The SMILES string of the molecule is CCN(CC)C(=S)O[C@H]1[C@H](OCc2ccccc2)[C@H](OCc2ccccc2)[C@@H](Sc2nc3ccccc3o2)O[C@@H]1COCc1ccccc1. The van der Waals surface area contributed by atoms with Crippen molar-refractivity contribution in [2.45, 2.75) is 68.7 Å². The van der Waals surface area contributed by atoms with Crippen LogP contribution < -0.4 is 0 Å². The highest BCUT2D eigenvalue weighted by Crippen LogP contribution is 2.39. The van der Waals surface area contributed by atoms with Crippen molar-refractivity contribution >= 4 is 40.3 Å². The fourth-order valence-corrected chi connectivity index (χ4v) is 7.11. The summed E-state index contributed by atoms with van der Waals surface area (Å²) in [6, 6.07) is 37.9. The molecule has 1 saturated heterocycles. The van der Waals surface area contributed by atoms with E-state index in [0.29, 0.717) is 48.9 Å². The second-order valence-corrected chi connectivity index (χ2v) is 13.1. The van der Waals surface area contributed by atoms with Crippen LogP contribution in [-0.4, -0.2) is 64.6 Å². The summed E-state index contributed by atoms with van der Waals surface area (Å²) >= 11 is 7.23. The van der Waals surface area contributed by atoms with Gasteiger partial charge in [0, 0.05) is 13.1 Å². The fourth-order valence-electron chi connectivity index (χ4n) is 5.69. The first-order valence-corrected chi connectivity index (χ1v) is 18.0. The number of aromatic nitrogens is 1. The molecule has 49 heavy (non-hydrogen) atoms. The van der Waals surface area contributed by atoms with Gasteiger partial charge in [-0.3, -0.25) is 0 Å². The number of para-hydroxylation sites is 2. The van der Waals surface area contributed by atoms with Gasteiger partial charge in [-0.1, -0.05) is 103 Å². The molecule has 6 rings (SSSR count). The molecule has 256 valence electrons. The Morgan fingerprint density at radius 3 is 1.86 bits per heavy atom. The second-order valence-electron chi connectivity index (χ2n) is 11.7. The Hall–Kier alpha value is -3.77. The summed E-state index contributed by atoms with van der Waals surface area (Å²) < 4.78 is 39.6. The van der Waals surface area contributed by atoms with E-state index in [1.807, 2.05) is 120 Å². The monoisotopic (exact) mass is 698 g/mol. The van der Waals surface area contributed by atoms with E-state index in [-0.39, 0.29) is 6.61 Å². The van der Waals surface area contributed by atoms with Crippen molar-refractivity contribution in [2.24, 2.45) is 0 Å². The summed E-state index contributed by atoms with van der Waals surface area (Å²) in [6.07, 6.45) is -2.40. The molecule has 1 aliphatic rings. The minimum absolute atomic E-state index is 0.238. The Labute approximate surface area is 297 Å². The maximum Gasteiger partial charge on any atom is 0.259 e. The van der Waals surface area contributed by atoms with Crippen molar-refractivity contribution in [3.63, 3.8) is 0 Å². The lowest BCUT2D eigenvalue weighted by Crippen LogP contribution is -2.61. The number of fused-ring (bicyclic) bond motifs is 1. The van der Waals surface area contributed by atoms with Crippen molar-refractivity contribution < 1.29 is 28.1 Å². The Bertz CT molecular complexity index is 1690. The van der Waals surface area contributed by atoms with Crippen molar-refractivity contribution in [1.82, 2.24) is 9.88 Å².